The first-order valence-corrected chi connectivity index (χ1v) is 8.95. The quantitative estimate of drug-likeness (QED) is 0.806. The molecule has 0 saturated carbocycles. The molecule has 24 heavy (non-hydrogen) atoms. The number of carbonyl (C=O) groups is 1. The van der Waals surface area contributed by atoms with Gasteiger partial charge in [0.05, 0.1) is 16.6 Å². The van der Waals surface area contributed by atoms with E-state index in [1.807, 2.05) is 32.0 Å². The molecule has 0 aliphatic heterocycles. The standard InChI is InChI=1S/C19H23ClN2O2/c1-12(2)24-10-4-9-21-19(23)13-7-8-15-17(11-13)22-16-6-3-5-14(16)18(15)20/h7-8,11-12H,3-6,9-10H2,1-2H3,(H,21,23). The Hall–Kier alpha value is -1.65. The van der Waals surface area contributed by atoms with Gasteiger partial charge in [0.2, 0.25) is 0 Å². The number of carbonyl (C=O) groups excluding carboxylic acids is 1. The summed E-state index contributed by atoms with van der Waals surface area (Å²) in [6, 6.07) is 5.55. The first-order chi connectivity index (χ1) is 11.6. The molecule has 1 N–H and O–H groups in total. The number of hydrogen-bond donors (Lipinski definition) is 1. The Bertz CT molecular complexity index is 759. The zero-order valence-corrected chi connectivity index (χ0v) is 14.9. The lowest BCUT2D eigenvalue weighted by atomic mass is 10.1. The Morgan fingerprint density at radius 3 is 3.00 bits per heavy atom. The number of fused-ring (bicyclic) bond motifs is 2. The van der Waals surface area contributed by atoms with Gasteiger partial charge in [-0.1, -0.05) is 17.7 Å². The fraction of sp³-hybridized carbons (Fsp3) is 0.474. The summed E-state index contributed by atoms with van der Waals surface area (Å²) in [5.74, 6) is -0.0835. The monoisotopic (exact) mass is 346 g/mol. The molecule has 1 aromatic heterocycles. The lowest BCUT2D eigenvalue weighted by molar-refractivity contribution is 0.0757. The van der Waals surface area contributed by atoms with Gasteiger partial charge in [0, 0.05) is 29.8 Å². The van der Waals surface area contributed by atoms with Crippen molar-refractivity contribution in [1.29, 1.82) is 0 Å². The lowest BCUT2D eigenvalue weighted by Gasteiger charge is -2.10. The summed E-state index contributed by atoms with van der Waals surface area (Å²) in [4.78, 5) is 17.0. The number of pyridine rings is 1. The lowest BCUT2D eigenvalue weighted by Crippen LogP contribution is -2.25. The van der Waals surface area contributed by atoms with E-state index in [0.29, 0.717) is 18.7 Å². The number of halogens is 1. The molecule has 1 heterocycles. The van der Waals surface area contributed by atoms with Gasteiger partial charge in [-0.15, -0.1) is 0 Å². The Labute approximate surface area is 147 Å². The van der Waals surface area contributed by atoms with E-state index in [9.17, 15) is 4.79 Å². The Morgan fingerprint density at radius 1 is 1.38 bits per heavy atom. The SMILES string of the molecule is CC(C)OCCCNC(=O)c1ccc2c(Cl)c3c(nc2c1)CCC3. The van der Waals surface area contributed by atoms with Crippen molar-refractivity contribution in [1.82, 2.24) is 10.3 Å². The summed E-state index contributed by atoms with van der Waals surface area (Å²) >= 11 is 6.51. The second-order valence-electron chi connectivity index (χ2n) is 6.47. The number of ether oxygens (including phenoxy) is 1. The van der Waals surface area contributed by atoms with Gasteiger partial charge in [0.25, 0.3) is 5.91 Å². The Balaban J connectivity index is 1.69. The molecule has 1 amide bonds. The number of amides is 1. The summed E-state index contributed by atoms with van der Waals surface area (Å²) in [5.41, 5.74) is 3.67. The molecular formula is C19H23ClN2O2. The molecule has 3 rings (SSSR count). The largest absolute Gasteiger partial charge is 0.379 e. The van der Waals surface area contributed by atoms with Crippen LogP contribution in [0.1, 0.15) is 48.3 Å². The zero-order chi connectivity index (χ0) is 17.1. The van der Waals surface area contributed by atoms with Gasteiger partial charge in [-0.25, -0.2) is 0 Å². The van der Waals surface area contributed by atoms with Crippen LogP contribution in [0.2, 0.25) is 5.02 Å². The van der Waals surface area contributed by atoms with Gasteiger partial charge in [0.1, 0.15) is 0 Å². The molecule has 0 saturated heterocycles. The second kappa shape index (κ2) is 7.49. The zero-order valence-electron chi connectivity index (χ0n) is 14.2. The minimum Gasteiger partial charge on any atom is -0.379 e. The van der Waals surface area contributed by atoms with E-state index in [4.69, 9.17) is 21.3 Å². The number of nitrogens with one attached hydrogen (secondary N) is 1. The van der Waals surface area contributed by atoms with Crippen LogP contribution in [-0.4, -0.2) is 30.1 Å². The normalized spacial score (nSPS) is 13.5. The van der Waals surface area contributed by atoms with E-state index in [-0.39, 0.29) is 12.0 Å². The maximum atomic E-state index is 12.3. The molecule has 0 fully saturated rings. The van der Waals surface area contributed by atoms with Crippen molar-refractivity contribution in [2.45, 2.75) is 45.6 Å². The van der Waals surface area contributed by atoms with Crippen molar-refractivity contribution in [3.8, 4) is 0 Å². The summed E-state index contributed by atoms with van der Waals surface area (Å²) in [5, 5.41) is 4.65. The van der Waals surface area contributed by atoms with Crippen LogP contribution in [0.4, 0.5) is 0 Å². The highest BCUT2D eigenvalue weighted by atomic mass is 35.5. The molecule has 1 aliphatic rings. The number of aromatic nitrogens is 1. The van der Waals surface area contributed by atoms with Gasteiger partial charge in [0.15, 0.2) is 0 Å². The van der Waals surface area contributed by atoms with Crippen LogP contribution in [0.3, 0.4) is 0 Å². The van der Waals surface area contributed by atoms with E-state index in [1.165, 1.54) is 5.56 Å². The predicted molar refractivity (Wildman–Crippen MR) is 96.8 cm³/mol. The van der Waals surface area contributed by atoms with Gasteiger partial charge < -0.3 is 10.1 Å². The van der Waals surface area contributed by atoms with Crippen LogP contribution in [-0.2, 0) is 17.6 Å². The molecule has 1 aliphatic carbocycles. The molecule has 1 aromatic carbocycles. The first kappa shape index (κ1) is 17.2. The van der Waals surface area contributed by atoms with Gasteiger partial charge in [-0.3, -0.25) is 9.78 Å². The van der Waals surface area contributed by atoms with Crippen molar-refractivity contribution in [3.63, 3.8) is 0 Å². The van der Waals surface area contributed by atoms with E-state index in [1.54, 1.807) is 0 Å². The molecule has 0 bridgehead atoms. The van der Waals surface area contributed by atoms with Crippen LogP contribution in [0.15, 0.2) is 18.2 Å². The maximum absolute atomic E-state index is 12.3. The number of aryl methyl sites for hydroxylation is 1. The third-order valence-electron chi connectivity index (χ3n) is 4.26. The smallest absolute Gasteiger partial charge is 0.251 e. The molecule has 0 unspecified atom stereocenters. The summed E-state index contributed by atoms with van der Waals surface area (Å²) in [7, 11) is 0. The average Bonchev–Trinajstić information content (AvgIpc) is 3.02. The molecule has 4 nitrogen and oxygen atoms in total. The van der Waals surface area contributed by atoms with Gasteiger partial charge in [-0.05, 0) is 57.2 Å². The van der Waals surface area contributed by atoms with Crippen molar-refractivity contribution in [2.75, 3.05) is 13.2 Å². The van der Waals surface area contributed by atoms with Crippen molar-refractivity contribution < 1.29 is 9.53 Å². The van der Waals surface area contributed by atoms with Gasteiger partial charge >= 0.3 is 0 Å². The minimum atomic E-state index is -0.0835. The number of nitrogens with zero attached hydrogens (tertiary/aromatic N) is 1. The molecule has 2 aromatic rings. The van der Waals surface area contributed by atoms with Crippen LogP contribution in [0.25, 0.3) is 10.9 Å². The molecule has 0 atom stereocenters. The highest BCUT2D eigenvalue weighted by molar-refractivity contribution is 6.36. The van der Waals surface area contributed by atoms with Crippen LogP contribution >= 0.6 is 11.6 Å². The highest BCUT2D eigenvalue weighted by Crippen LogP contribution is 2.33. The summed E-state index contributed by atoms with van der Waals surface area (Å²) in [6.45, 7) is 5.26. The minimum absolute atomic E-state index is 0.0835. The third kappa shape index (κ3) is 3.70. The summed E-state index contributed by atoms with van der Waals surface area (Å²) < 4.78 is 5.47. The van der Waals surface area contributed by atoms with E-state index >= 15 is 0 Å². The van der Waals surface area contributed by atoms with Crippen molar-refractivity contribution >= 4 is 28.4 Å². The second-order valence-corrected chi connectivity index (χ2v) is 6.84. The average molecular weight is 347 g/mol. The fourth-order valence-electron chi connectivity index (χ4n) is 3.04. The van der Waals surface area contributed by atoms with E-state index in [0.717, 1.165) is 47.3 Å². The van der Waals surface area contributed by atoms with E-state index in [2.05, 4.69) is 5.32 Å². The first-order valence-electron chi connectivity index (χ1n) is 8.57. The molecule has 0 spiro atoms. The molecule has 0 radical (unpaired) electrons. The molecular weight excluding hydrogens is 324 g/mol. The number of benzene rings is 1. The van der Waals surface area contributed by atoms with Crippen LogP contribution in [0.5, 0.6) is 0 Å². The van der Waals surface area contributed by atoms with Gasteiger partial charge in [-0.2, -0.15) is 0 Å². The fourth-order valence-corrected chi connectivity index (χ4v) is 3.41. The Morgan fingerprint density at radius 2 is 2.21 bits per heavy atom. The van der Waals surface area contributed by atoms with Crippen molar-refractivity contribution in [3.05, 3.63) is 40.0 Å². The topological polar surface area (TPSA) is 51.2 Å². The van der Waals surface area contributed by atoms with E-state index < -0.39 is 0 Å². The van der Waals surface area contributed by atoms with Crippen LogP contribution < -0.4 is 5.32 Å². The third-order valence-corrected chi connectivity index (χ3v) is 4.70. The highest BCUT2D eigenvalue weighted by Gasteiger charge is 2.19. The number of hydrogen-bond acceptors (Lipinski definition) is 3. The maximum Gasteiger partial charge on any atom is 0.251 e. The number of rotatable bonds is 6. The summed E-state index contributed by atoms with van der Waals surface area (Å²) in [6.07, 6.45) is 4.09. The van der Waals surface area contributed by atoms with Crippen LogP contribution in [0, 0.1) is 0 Å². The predicted octanol–water partition coefficient (Wildman–Crippen LogP) is 3.92. The van der Waals surface area contributed by atoms with Crippen molar-refractivity contribution in [2.24, 2.45) is 0 Å². The molecule has 128 valence electrons. The Kier molecular flexibility index (Phi) is 5.36. The molecule has 5 heteroatoms.